The molecule has 364 valence electrons. The number of fused-ring (bicyclic) bond motifs is 2. The molecule has 3 fully saturated rings. The van der Waals surface area contributed by atoms with Crippen LogP contribution in [-0.2, 0) is 32.0 Å². The summed E-state index contributed by atoms with van der Waals surface area (Å²) < 4.78 is 110. The van der Waals surface area contributed by atoms with Crippen molar-refractivity contribution >= 4 is 23.7 Å². The predicted octanol–water partition coefficient (Wildman–Crippen LogP) is 5.87. The first-order chi connectivity index (χ1) is 32.3. The number of hydrogen-bond donors (Lipinski definition) is 4. The quantitative estimate of drug-likeness (QED) is 0.0839. The van der Waals surface area contributed by atoms with Gasteiger partial charge in [-0.15, -0.1) is 0 Å². The lowest BCUT2D eigenvalue weighted by atomic mass is 9.82. The number of alkyl carbamates (subject to hydrolysis) is 1. The van der Waals surface area contributed by atoms with E-state index >= 15 is 8.78 Å². The topological polar surface area (TPSA) is 163 Å². The Balaban J connectivity index is 1.02. The summed E-state index contributed by atoms with van der Waals surface area (Å²) in [5, 5.41) is 21.9. The molecule has 0 radical (unpaired) electrons. The van der Waals surface area contributed by atoms with Crippen LogP contribution in [0.4, 0.5) is 41.3 Å². The van der Waals surface area contributed by atoms with Crippen molar-refractivity contribution in [3.63, 3.8) is 0 Å². The van der Waals surface area contributed by atoms with Gasteiger partial charge in [0.25, 0.3) is 5.91 Å². The highest BCUT2D eigenvalue weighted by Crippen LogP contribution is 2.41. The molecule has 5 heterocycles. The van der Waals surface area contributed by atoms with Gasteiger partial charge in [-0.25, -0.2) is 23.2 Å². The maximum Gasteiger partial charge on any atom is 0.407 e. The van der Waals surface area contributed by atoms with Crippen LogP contribution in [-0.4, -0.2) is 119 Å². The number of amides is 3. The van der Waals surface area contributed by atoms with Crippen LogP contribution < -0.4 is 20.9 Å². The van der Waals surface area contributed by atoms with E-state index in [0.717, 1.165) is 63.1 Å². The molecule has 2 bridgehead atoms. The number of aliphatic hydroxyl groups is 1. The Kier molecular flexibility index (Phi) is 15.3. The standard InChI is InChI=1S/C47H51F7N8O6/c1-46(2,47(52,53)54)41(59-45(66)67-3)42(64)58-37(38(63)23-55-22-34-35(48)18-30(19-36(34)49)31-21-57-61(24-31)44(50)51)17-28-9-6-27(7-10-28)8-11-29-12-15-40(56-20-29)60-25-32-13-14-33(26-60)62(32)43(65)39-5-4-16-68-39/h6-7,9-10,12,15,18-21,24,32-33,37-39,41,44,55,63H,4-5,13-14,16-17,22-23,25-26H2,1-3H3,(H,58,64)(H,59,66)/t32?,33?,37-,38-,39-,41+/m0/s1. The van der Waals surface area contributed by atoms with Gasteiger partial charge in [-0.3, -0.25) is 9.59 Å². The Morgan fingerprint density at radius 1 is 0.926 bits per heavy atom. The molecule has 2 aromatic heterocycles. The van der Waals surface area contributed by atoms with Crippen molar-refractivity contribution < 1.29 is 59.7 Å². The fourth-order valence-corrected chi connectivity index (χ4v) is 8.64. The van der Waals surface area contributed by atoms with E-state index in [1.807, 2.05) is 22.3 Å². The lowest BCUT2D eigenvalue weighted by Crippen LogP contribution is -2.62. The van der Waals surface area contributed by atoms with E-state index in [9.17, 15) is 41.4 Å². The van der Waals surface area contributed by atoms with Crippen LogP contribution in [0, 0.1) is 28.9 Å². The summed E-state index contributed by atoms with van der Waals surface area (Å²) in [5.74, 6) is 3.62. The average Bonchev–Trinajstić information content (AvgIpc) is 4.09. The number of benzene rings is 2. The number of nitrogens with zero attached hydrogens (tertiary/aromatic N) is 5. The molecule has 0 spiro atoms. The minimum Gasteiger partial charge on any atom is -0.453 e. The van der Waals surface area contributed by atoms with Crippen LogP contribution >= 0.6 is 0 Å². The second-order valence-corrected chi connectivity index (χ2v) is 17.6. The number of carbonyl (C=O) groups excluding carboxylic acids is 3. The maximum atomic E-state index is 15.2. The number of rotatable bonds is 15. The first kappa shape index (κ1) is 49.7. The number of alkyl halides is 5. The summed E-state index contributed by atoms with van der Waals surface area (Å²) >= 11 is 0. The molecular formula is C47H51F7N8O6. The highest BCUT2D eigenvalue weighted by atomic mass is 19.4. The highest BCUT2D eigenvalue weighted by Gasteiger charge is 2.56. The number of methoxy groups -OCH3 is 1. The second-order valence-electron chi connectivity index (χ2n) is 17.6. The molecule has 7 rings (SSSR count). The molecule has 3 amide bonds. The Morgan fingerprint density at radius 3 is 2.16 bits per heavy atom. The van der Waals surface area contributed by atoms with E-state index < -0.39 is 78.6 Å². The van der Waals surface area contributed by atoms with Crippen LogP contribution in [0.3, 0.4) is 0 Å². The molecule has 21 heteroatoms. The number of aliphatic hydroxyl groups excluding tert-OH is 1. The van der Waals surface area contributed by atoms with Gasteiger partial charge in [0, 0.05) is 79.5 Å². The lowest BCUT2D eigenvalue weighted by Gasteiger charge is -2.42. The molecule has 4 aromatic rings. The fraction of sp³-hybridized carbons (Fsp3) is 0.468. The highest BCUT2D eigenvalue weighted by molar-refractivity contribution is 5.87. The number of hydrogen-bond acceptors (Lipinski definition) is 10. The molecule has 68 heavy (non-hydrogen) atoms. The summed E-state index contributed by atoms with van der Waals surface area (Å²) in [6.07, 6.45) is -1.27. The molecule has 2 aromatic carbocycles. The Bertz CT molecular complexity index is 2450. The van der Waals surface area contributed by atoms with Crippen LogP contribution in [0.1, 0.15) is 68.3 Å². The number of nitrogens with one attached hydrogen (secondary N) is 3. The van der Waals surface area contributed by atoms with Crippen molar-refractivity contribution in [3.05, 3.63) is 101 Å². The van der Waals surface area contributed by atoms with E-state index in [1.165, 1.54) is 0 Å². The van der Waals surface area contributed by atoms with Crippen LogP contribution in [0.15, 0.2) is 67.1 Å². The maximum absolute atomic E-state index is 15.2. The number of ether oxygens (including phenoxy) is 2. The summed E-state index contributed by atoms with van der Waals surface area (Å²) in [5.41, 5.74) is -1.59. The van der Waals surface area contributed by atoms with Crippen LogP contribution in [0.5, 0.6) is 0 Å². The third kappa shape index (κ3) is 11.4. The third-order valence-corrected chi connectivity index (χ3v) is 12.7. The molecule has 0 saturated carbocycles. The fourth-order valence-electron chi connectivity index (χ4n) is 8.64. The van der Waals surface area contributed by atoms with Gasteiger partial charge in [0.1, 0.15) is 29.6 Å². The number of aromatic nitrogens is 3. The molecule has 2 unspecified atom stereocenters. The predicted molar refractivity (Wildman–Crippen MR) is 233 cm³/mol. The van der Waals surface area contributed by atoms with Crippen molar-refractivity contribution in [1.82, 2.24) is 35.6 Å². The summed E-state index contributed by atoms with van der Waals surface area (Å²) in [6.45, 7) is -0.507. The van der Waals surface area contributed by atoms with Crippen LogP contribution in [0.2, 0.25) is 0 Å². The molecule has 3 aliphatic heterocycles. The van der Waals surface area contributed by atoms with Gasteiger partial charge < -0.3 is 40.3 Å². The Labute approximate surface area is 387 Å². The Morgan fingerprint density at radius 2 is 1.59 bits per heavy atom. The Hall–Kier alpha value is -6.24. The molecule has 4 N–H and O–H groups in total. The molecular weight excluding hydrogens is 906 g/mol. The van der Waals surface area contributed by atoms with Crippen molar-refractivity contribution in [1.29, 1.82) is 0 Å². The molecule has 3 saturated heterocycles. The first-order valence-electron chi connectivity index (χ1n) is 22.0. The van der Waals surface area contributed by atoms with Crippen LogP contribution in [0.25, 0.3) is 11.1 Å². The van der Waals surface area contributed by atoms with E-state index in [4.69, 9.17) is 4.74 Å². The van der Waals surface area contributed by atoms with Gasteiger partial charge >= 0.3 is 18.8 Å². The van der Waals surface area contributed by atoms with E-state index in [2.05, 4.69) is 42.2 Å². The normalized spacial score (nSPS) is 19.6. The van der Waals surface area contributed by atoms with E-state index in [0.29, 0.717) is 54.9 Å². The third-order valence-electron chi connectivity index (χ3n) is 12.7. The van der Waals surface area contributed by atoms with Crippen molar-refractivity contribution in [2.45, 2.75) is 102 Å². The molecule has 0 aliphatic carbocycles. The van der Waals surface area contributed by atoms with Gasteiger partial charge in [-0.1, -0.05) is 24.0 Å². The number of halogens is 7. The summed E-state index contributed by atoms with van der Waals surface area (Å²) in [6, 6.07) is 8.87. The molecule has 3 aliphatic rings. The summed E-state index contributed by atoms with van der Waals surface area (Å²) in [4.78, 5) is 47.8. The monoisotopic (exact) mass is 956 g/mol. The lowest BCUT2D eigenvalue weighted by molar-refractivity contribution is -0.220. The van der Waals surface area contributed by atoms with Gasteiger partial charge in [-0.05, 0) is 93.5 Å². The average molecular weight is 957 g/mol. The van der Waals surface area contributed by atoms with Crippen molar-refractivity contribution in [3.8, 4) is 23.0 Å². The largest absolute Gasteiger partial charge is 0.453 e. The van der Waals surface area contributed by atoms with Gasteiger partial charge in [0.15, 0.2) is 0 Å². The zero-order chi connectivity index (χ0) is 48.9. The van der Waals surface area contributed by atoms with E-state index in [1.54, 1.807) is 30.5 Å². The van der Waals surface area contributed by atoms with Gasteiger partial charge in [0.2, 0.25) is 5.91 Å². The zero-order valence-electron chi connectivity index (χ0n) is 37.3. The van der Waals surface area contributed by atoms with Crippen molar-refractivity contribution in [2.24, 2.45) is 5.41 Å². The van der Waals surface area contributed by atoms with Crippen molar-refractivity contribution in [2.75, 3.05) is 38.3 Å². The van der Waals surface area contributed by atoms with E-state index in [-0.39, 0.29) is 41.6 Å². The number of piperazine rings is 1. The molecule has 6 atom stereocenters. The smallest absolute Gasteiger partial charge is 0.407 e. The van der Waals surface area contributed by atoms with Gasteiger partial charge in [0.05, 0.1) is 30.9 Å². The summed E-state index contributed by atoms with van der Waals surface area (Å²) in [7, 11) is 0.912. The minimum atomic E-state index is -4.99. The number of carbonyl (C=O) groups is 3. The zero-order valence-corrected chi connectivity index (χ0v) is 37.3. The number of anilines is 1. The SMILES string of the molecule is COC(=O)N[C@H](C(=O)N[C@@H](Cc1ccc(C#Cc2ccc(N3CC4CCC(C3)N4C(=O)[C@@H]3CCCO3)nc2)cc1)[C@@H](O)CNCc1c(F)cc(-c2cnn(C(F)F)c2)cc1F)C(C)(C)C(F)(F)F. The minimum absolute atomic E-state index is 0.0339. The second kappa shape index (κ2) is 21.0. The number of pyridine rings is 1. The first-order valence-corrected chi connectivity index (χ1v) is 22.0. The molecule has 14 nitrogen and oxygen atoms in total. The van der Waals surface area contributed by atoms with Gasteiger partial charge in [-0.2, -0.15) is 27.1 Å².